The maximum absolute atomic E-state index is 14.3. The third-order valence-electron chi connectivity index (χ3n) is 14.7. The molecule has 0 aromatic heterocycles. The van der Waals surface area contributed by atoms with E-state index in [2.05, 4.69) is 26.8 Å². The van der Waals surface area contributed by atoms with Crippen LogP contribution in [-0.4, -0.2) is 113 Å². The molecule has 0 aromatic rings. The second-order valence-electron chi connectivity index (χ2n) is 16.9. The summed E-state index contributed by atoms with van der Waals surface area (Å²) in [5.74, 6) is -4.16. The van der Waals surface area contributed by atoms with Crippen LogP contribution in [0.1, 0.15) is 86.0 Å². The molecule has 1 heterocycles. The van der Waals surface area contributed by atoms with Crippen molar-refractivity contribution < 1.29 is 60.2 Å². The van der Waals surface area contributed by atoms with Crippen LogP contribution in [0.2, 0.25) is 0 Å². The molecule has 0 bridgehead atoms. The number of ether oxygens (including phenoxy) is 2. The van der Waals surface area contributed by atoms with Gasteiger partial charge in [0.15, 0.2) is 12.1 Å². The van der Waals surface area contributed by atoms with Crippen LogP contribution in [0.15, 0.2) is 11.6 Å². The molecule has 0 amide bonds. The third kappa shape index (κ3) is 4.44. The number of aliphatic hydroxyl groups is 9. The zero-order valence-electron chi connectivity index (χ0n) is 27.5. The number of aliphatic hydroxyl groups excluding tert-OH is 7. The summed E-state index contributed by atoms with van der Waals surface area (Å²) in [5.41, 5.74) is -2.91. The van der Waals surface area contributed by atoms with Gasteiger partial charge in [0.25, 0.3) is 0 Å². The van der Waals surface area contributed by atoms with Crippen LogP contribution in [0.5, 0.6) is 0 Å². The highest BCUT2D eigenvalue weighted by Gasteiger charge is 2.73. The molecule has 0 spiro atoms. The Kier molecular flexibility index (Phi) is 8.22. The van der Waals surface area contributed by atoms with Crippen LogP contribution in [0.3, 0.4) is 0 Å². The van der Waals surface area contributed by atoms with Gasteiger partial charge in [-0.25, -0.2) is 0 Å². The zero-order valence-corrected chi connectivity index (χ0v) is 27.5. The van der Waals surface area contributed by atoms with E-state index in [1.54, 1.807) is 13.8 Å². The Morgan fingerprint density at radius 1 is 0.848 bits per heavy atom. The predicted octanol–water partition coefficient (Wildman–Crippen LogP) is 0.0884. The molecule has 12 heteroatoms. The molecule has 15 atom stereocenters. The van der Waals surface area contributed by atoms with E-state index in [0.29, 0.717) is 44.9 Å². The topological polar surface area (TPSA) is 218 Å². The predicted molar refractivity (Wildman–Crippen MR) is 161 cm³/mol. The number of carbonyl (C=O) groups excluding carboxylic acids is 1. The van der Waals surface area contributed by atoms with Crippen LogP contribution >= 0.6 is 0 Å². The van der Waals surface area contributed by atoms with Crippen molar-refractivity contribution in [2.24, 2.45) is 44.8 Å². The highest BCUT2D eigenvalue weighted by molar-refractivity contribution is 5.79. The molecule has 0 aromatic carbocycles. The van der Waals surface area contributed by atoms with Crippen molar-refractivity contribution >= 4 is 5.97 Å². The van der Waals surface area contributed by atoms with Crippen molar-refractivity contribution in [2.75, 3.05) is 6.61 Å². The first-order valence-corrected chi connectivity index (χ1v) is 16.9. The summed E-state index contributed by atoms with van der Waals surface area (Å²) < 4.78 is 11.0. The first kappa shape index (κ1) is 34.7. The average Bonchev–Trinajstić information content (AvgIpc) is 2.98. The molecule has 5 fully saturated rings. The molecule has 1 aliphatic heterocycles. The lowest BCUT2D eigenvalue weighted by molar-refractivity contribution is -0.315. The third-order valence-corrected chi connectivity index (χ3v) is 14.7. The minimum Gasteiger partial charge on any atom is -0.462 e. The van der Waals surface area contributed by atoms with E-state index in [1.165, 1.54) is 0 Å². The van der Waals surface area contributed by atoms with E-state index in [0.717, 1.165) is 12.0 Å². The van der Waals surface area contributed by atoms with Gasteiger partial charge in [0.05, 0.1) is 23.5 Å². The summed E-state index contributed by atoms with van der Waals surface area (Å²) in [6, 6.07) is 0. The minimum absolute atomic E-state index is 0.0188. The fourth-order valence-electron chi connectivity index (χ4n) is 11.3. The Bertz CT molecular complexity index is 1250. The van der Waals surface area contributed by atoms with E-state index in [4.69, 9.17) is 9.47 Å². The van der Waals surface area contributed by atoms with Crippen molar-refractivity contribution in [2.45, 2.75) is 141 Å². The molecule has 6 aliphatic rings. The maximum atomic E-state index is 14.3. The van der Waals surface area contributed by atoms with Gasteiger partial charge in [-0.05, 0) is 79.4 Å². The fourth-order valence-corrected chi connectivity index (χ4v) is 11.3. The van der Waals surface area contributed by atoms with E-state index < -0.39 is 95.0 Å². The maximum Gasteiger partial charge on any atom is 0.312 e. The molecule has 9 N–H and O–H groups in total. The highest BCUT2D eigenvalue weighted by Crippen LogP contribution is 2.75. The molecule has 6 rings (SSSR count). The van der Waals surface area contributed by atoms with Crippen molar-refractivity contribution in [1.82, 2.24) is 0 Å². The average molecular weight is 655 g/mol. The highest BCUT2D eigenvalue weighted by atomic mass is 16.7. The number of hydrogen-bond donors (Lipinski definition) is 9. The van der Waals surface area contributed by atoms with E-state index >= 15 is 0 Å². The zero-order chi connectivity index (χ0) is 34.0. The lowest BCUT2D eigenvalue weighted by Crippen LogP contribution is -2.70. The molecule has 0 radical (unpaired) electrons. The van der Waals surface area contributed by atoms with Gasteiger partial charge in [-0.1, -0.05) is 46.3 Å². The quantitative estimate of drug-likeness (QED) is 0.112. The van der Waals surface area contributed by atoms with Gasteiger partial charge >= 0.3 is 5.97 Å². The molecular weight excluding hydrogens is 600 g/mol. The number of fused-ring (bicyclic) bond motifs is 7. The molecule has 1 saturated heterocycles. The molecule has 5 aliphatic carbocycles. The number of rotatable bonds is 3. The van der Waals surface area contributed by atoms with E-state index in [1.807, 2.05) is 0 Å². The van der Waals surface area contributed by atoms with Crippen LogP contribution in [0, 0.1) is 44.8 Å². The molecule has 46 heavy (non-hydrogen) atoms. The lowest BCUT2D eigenvalue weighted by Gasteiger charge is -2.71. The first-order valence-electron chi connectivity index (χ1n) is 16.9. The van der Waals surface area contributed by atoms with Gasteiger partial charge < -0.3 is 55.4 Å². The number of esters is 1. The summed E-state index contributed by atoms with van der Waals surface area (Å²) >= 11 is 0. The Morgan fingerprint density at radius 2 is 1.50 bits per heavy atom. The van der Waals surface area contributed by atoms with Crippen molar-refractivity contribution in [3.8, 4) is 0 Å². The van der Waals surface area contributed by atoms with Gasteiger partial charge in [-0.2, -0.15) is 0 Å². The summed E-state index contributed by atoms with van der Waals surface area (Å²) in [6.07, 6.45) is -5.62. The monoisotopic (exact) mass is 654 g/mol. The van der Waals surface area contributed by atoms with E-state index in [-0.39, 0.29) is 17.3 Å². The molecular formula is C34H54O12. The standard InChI is InChI=1S/C34H54O12/c1-29(2)10-12-33(28(42)45-15-19-23(38)24(39)25(40)27(41)46-19)13-11-31(4)17(26(33)34(29,43)44)6-7-20-30(3)14-18(35)22(37)21(36)16(30)8-9-32(20,31)5/h6,16,18-27,35-41,43-44H,7-15H2,1-5H3/t16?,18-,19-,20?,21-,22+,23-,24+,25-,26?,27-,30?,31-,32?,33?/m1/s1. The normalized spacial score (nSPS) is 54.3. The van der Waals surface area contributed by atoms with Gasteiger partial charge in [-0.3, -0.25) is 4.79 Å². The number of carbonyl (C=O) groups is 1. The molecule has 12 nitrogen and oxygen atoms in total. The fraction of sp³-hybridized carbons (Fsp3) is 0.912. The summed E-state index contributed by atoms with van der Waals surface area (Å²) in [6.45, 7) is 9.51. The molecule has 4 saturated carbocycles. The Labute approximate surface area is 270 Å². The van der Waals surface area contributed by atoms with Crippen LogP contribution in [-0.2, 0) is 14.3 Å². The van der Waals surface area contributed by atoms with Crippen molar-refractivity contribution in [3.63, 3.8) is 0 Å². The second-order valence-corrected chi connectivity index (χ2v) is 16.9. The summed E-state index contributed by atoms with van der Waals surface area (Å²) in [4.78, 5) is 14.3. The largest absolute Gasteiger partial charge is 0.462 e. The van der Waals surface area contributed by atoms with Crippen LogP contribution in [0.25, 0.3) is 0 Å². The summed E-state index contributed by atoms with van der Waals surface area (Å²) in [7, 11) is 0. The Morgan fingerprint density at radius 3 is 2.17 bits per heavy atom. The van der Waals surface area contributed by atoms with Crippen molar-refractivity contribution in [1.29, 1.82) is 0 Å². The smallest absolute Gasteiger partial charge is 0.312 e. The SMILES string of the molecule is CC12C[C@@H](O)[C@H](O)[C@H](O)C1CCC1(C)C2CC=C2C3C(C(=O)OC[C@H]4O[C@@H](O)[C@H](O)[C@@H](O)[C@@H]4O)(CCC(C)(C)C3(O)O)CC[C@]21C. The van der Waals surface area contributed by atoms with Crippen molar-refractivity contribution in [3.05, 3.63) is 11.6 Å². The molecule has 262 valence electrons. The van der Waals surface area contributed by atoms with Gasteiger partial charge in [0.1, 0.15) is 37.1 Å². The number of allylic oxidation sites excluding steroid dienone is 1. The second kappa shape index (κ2) is 10.9. The minimum atomic E-state index is -2.29. The van der Waals surface area contributed by atoms with Gasteiger partial charge in [-0.15, -0.1) is 0 Å². The van der Waals surface area contributed by atoms with Crippen LogP contribution in [0.4, 0.5) is 0 Å². The van der Waals surface area contributed by atoms with E-state index in [9.17, 15) is 50.8 Å². The first-order chi connectivity index (χ1) is 21.2. The van der Waals surface area contributed by atoms with Gasteiger partial charge in [0.2, 0.25) is 0 Å². The Hall–Kier alpha value is -1.19. The lowest BCUT2D eigenvalue weighted by atomic mass is 9.34. The molecule has 6 unspecified atom stereocenters. The number of hydrogen-bond acceptors (Lipinski definition) is 12. The summed E-state index contributed by atoms with van der Waals surface area (Å²) in [5, 5.41) is 96.9. The Balaban J connectivity index is 1.37. The van der Waals surface area contributed by atoms with Gasteiger partial charge in [0, 0.05) is 5.41 Å². The van der Waals surface area contributed by atoms with Crippen LogP contribution < -0.4 is 0 Å².